The molecule has 4 heteroatoms. The van der Waals surface area contributed by atoms with Crippen molar-refractivity contribution in [1.29, 1.82) is 0 Å². The second kappa shape index (κ2) is 3.83. The molecule has 0 radical (unpaired) electrons. The molecule has 0 bridgehead atoms. The van der Waals surface area contributed by atoms with Crippen LogP contribution in [0.5, 0.6) is 0 Å². The fraction of sp³-hybridized carbons (Fsp3) is 0.400. The van der Waals surface area contributed by atoms with Crippen molar-refractivity contribution < 1.29 is 9.50 Å². The zero-order valence-electron chi connectivity index (χ0n) is 7.63. The van der Waals surface area contributed by atoms with Crippen molar-refractivity contribution in [2.24, 2.45) is 0 Å². The van der Waals surface area contributed by atoms with E-state index in [1.54, 1.807) is 17.8 Å². The van der Waals surface area contributed by atoms with Gasteiger partial charge in [0, 0.05) is 26.6 Å². The van der Waals surface area contributed by atoms with Crippen LogP contribution in [0.2, 0.25) is 0 Å². The van der Waals surface area contributed by atoms with Gasteiger partial charge in [-0.25, -0.2) is 4.39 Å². The summed E-state index contributed by atoms with van der Waals surface area (Å²) in [5.41, 5.74) is 1.35. The van der Waals surface area contributed by atoms with E-state index in [-0.39, 0.29) is 11.1 Å². The van der Waals surface area contributed by atoms with E-state index in [9.17, 15) is 9.50 Å². The SMILES string of the molecule is CC1SCc2c(F)ccc(Br)c2C1O. The lowest BCUT2D eigenvalue weighted by Crippen LogP contribution is -2.19. The van der Waals surface area contributed by atoms with Gasteiger partial charge in [0.2, 0.25) is 0 Å². The van der Waals surface area contributed by atoms with Gasteiger partial charge in [0.05, 0.1) is 6.10 Å². The molecule has 1 aromatic carbocycles. The molecule has 1 heterocycles. The first-order valence-corrected chi connectivity index (χ1v) is 6.22. The highest BCUT2D eigenvalue weighted by Gasteiger charge is 2.28. The molecule has 2 unspecified atom stereocenters. The van der Waals surface area contributed by atoms with Crippen molar-refractivity contribution in [3.05, 3.63) is 33.5 Å². The molecule has 0 amide bonds. The summed E-state index contributed by atoms with van der Waals surface area (Å²) in [5.74, 6) is 0.417. The first kappa shape index (κ1) is 10.5. The maximum Gasteiger partial charge on any atom is 0.127 e. The van der Waals surface area contributed by atoms with Gasteiger partial charge in [0.1, 0.15) is 5.82 Å². The van der Waals surface area contributed by atoms with Gasteiger partial charge in [0.25, 0.3) is 0 Å². The van der Waals surface area contributed by atoms with E-state index < -0.39 is 6.10 Å². The lowest BCUT2D eigenvalue weighted by molar-refractivity contribution is 0.175. The Bertz CT molecular complexity index is 369. The molecule has 0 aliphatic carbocycles. The summed E-state index contributed by atoms with van der Waals surface area (Å²) in [5, 5.41) is 10.0. The van der Waals surface area contributed by atoms with Gasteiger partial charge in [-0.05, 0) is 12.1 Å². The lowest BCUT2D eigenvalue weighted by atomic mass is 10.0. The molecule has 0 saturated heterocycles. The summed E-state index contributed by atoms with van der Waals surface area (Å²) < 4.78 is 14.2. The number of halogens is 2. The summed E-state index contributed by atoms with van der Waals surface area (Å²) in [4.78, 5) is 0. The van der Waals surface area contributed by atoms with Crippen LogP contribution >= 0.6 is 27.7 Å². The fourth-order valence-electron chi connectivity index (χ4n) is 1.62. The van der Waals surface area contributed by atoms with Crippen molar-refractivity contribution in [3.63, 3.8) is 0 Å². The third-order valence-electron chi connectivity index (χ3n) is 2.48. The fourth-order valence-corrected chi connectivity index (χ4v) is 3.26. The van der Waals surface area contributed by atoms with Gasteiger partial charge < -0.3 is 5.11 Å². The molecule has 0 saturated carbocycles. The maximum absolute atomic E-state index is 13.4. The predicted octanol–water partition coefficient (Wildman–Crippen LogP) is 3.26. The Morgan fingerprint density at radius 3 is 3.00 bits per heavy atom. The second-order valence-corrected chi connectivity index (χ2v) is 5.60. The zero-order valence-corrected chi connectivity index (χ0v) is 10.0. The Morgan fingerprint density at radius 1 is 1.57 bits per heavy atom. The van der Waals surface area contributed by atoms with E-state index in [4.69, 9.17) is 0 Å². The molecule has 0 aromatic heterocycles. The van der Waals surface area contributed by atoms with E-state index >= 15 is 0 Å². The average Bonchev–Trinajstić information content (AvgIpc) is 2.16. The third kappa shape index (κ3) is 1.59. The molecule has 1 nitrogen and oxygen atoms in total. The van der Waals surface area contributed by atoms with Gasteiger partial charge in [-0.15, -0.1) is 0 Å². The molecule has 1 aromatic rings. The van der Waals surface area contributed by atoms with Crippen molar-refractivity contribution in [2.75, 3.05) is 0 Å². The Labute approximate surface area is 94.8 Å². The Kier molecular flexibility index (Phi) is 2.86. The molecule has 1 aliphatic rings. The number of thioether (sulfide) groups is 1. The number of hydrogen-bond acceptors (Lipinski definition) is 2. The highest BCUT2D eigenvalue weighted by Crippen LogP contribution is 2.41. The topological polar surface area (TPSA) is 20.2 Å². The van der Waals surface area contributed by atoms with Gasteiger partial charge in [-0.3, -0.25) is 0 Å². The van der Waals surface area contributed by atoms with Crippen LogP contribution in [0.25, 0.3) is 0 Å². The molecule has 2 rings (SSSR count). The van der Waals surface area contributed by atoms with E-state index in [2.05, 4.69) is 15.9 Å². The number of hydrogen-bond donors (Lipinski definition) is 1. The first-order chi connectivity index (χ1) is 6.61. The highest BCUT2D eigenvalue weighted by atomic mass is 79.9. The predicted molar refractivity (Wildman–Crippen MR) is 59.8 cm³/mol. The largest absolute Gasteiger partial charge is 0.387 e. The van der Waals surface area contributed by atoms with E-state index in [0.717, 1.165) is 10.0 Å². The number of rotatable bonds is 0. The average molecular weight is 277 g/mol. The van der Waals surface area contributed by atoms with Gasteiger partial charge in [-0.1, -0.05) is 22.9 Å². The quantitative estimate of drug-likeness (QED) is 0.785. The molecular formula is C10H10BrFOS. The highest BCUT2D eigenvalue weighted by molar-refractivity contribution is 9.10. The molecule has 0 spiro atoms. The van der Waals surface area contributed by atoms with Crippen molar-refractivity contribution in [2.45, 2.75) is 24.0 Å². The first-order valence-electron chi connectivity index (χ1n) is 4.37. The Morgan fingerprint density at radius 2 is 2.29 bits per heavy atom. The molecule has 76 valence electrons. The third-order valence-corrected chi connectivity index (χ3v) is 4.41. The van der Waals surface area contributed by atoms with Crippen LogP contribution in [0, 0.1) is 5.82 Å². The molecule has 1 aliphatic heterocycles. The van der Waals surface area contributed by atoms with Crippen LogP contribution in [0.3, 0.4) is 0 Å². The van der Waals surface area contributed by atoms with Crippen LogP contribution in [0.1, 0.15) is 24.2 Å². The van der Waals surface area contributed by atoms with Crippen LogP contribution < -0.4 is 0 Å². The number of aliphatic hydroxyl groups is 1. The van der Waals surface area contributed by atoms with Gasteiger partial charge in [-0.2, -0.15) is 11.8 Å². The molecule has 2 atom stereocenters. The normalized spacial score (nSPS) is 26.0. The molecular weight excluding hydrogens is 267 g/mol. The smallest absolute Gasteiger partial charge is 0.127 e. The summed E-state index contributed by atoms with van der Waals surface area (Å²) >= 11 is 4.93. The van der Waals surface area contributed by atoms with Crippen LogP contribution in [-0.2, 0) is 5.75 Å². The minimum Gasteiger partial charge on any atom is -0.387 e. The van der Waals surface area contributed by atoms with Gasteiger partial charge >= 0.3 is 0 Å². The van der Waals surface area contributed by atoms with E-state index in [1.807, 2.05) is 6.92 Å². The maximum atomic E-state index is 13.4. The number of benzene rings is 1. The van der Waals surface area contributed by atoms with E-state index in [0.29, 0.717) is 11.3 Å². The van der Waals surface area contributed by atoms with Crippen molar-refractivity contribution in [1.82, 2.24) is 0 Å². The summed E-state index contributed by atoms with van der Waals surface area (Å²) in [6.45, 7) is 1.95. The van der Waals surface area contributed by atoms with Crippen molar-refractivity contribution >= 4 is 27.7 Å². The summed E-state index contributed by atoms with van der Waals surface area (Å²) in [7, 11) is 0. The Balaban J connectivity index is 2.58. The summed E-state index contributed by atoms with van der Waals surface area (Å²) in [6.07, 6.45) is -0.575. The van der Waals surface area contributed by atoms with Crippen LogP contribution in [-0.4, -0.2) is 10.4 Å². The zero-order chi connectivity index (χ0) is 10.3. The number of aliphatic hydroxyl groups excluding tert-OH is 1. The second-order valence-electron chi connectivity index (χ2n) is 3.38. The molecule has 1 N–H and O–H groups in total. The minimum absolute atomic E-state index is 0.126. The molecule has 0 fully saturated rings. The summed E-state index contributed by atoms with van der Waals surface area (Å²) in [6, 6.07) is 3.09. The standard InChI is InChI=1S/C10H10BrFOS/c1-5-10(13)9-6(4-14-5)8(12)3-2-7(9)11/h2-3,5,10,13H,4H2,1H3. The molecule has 14 heavy (non-hydrogen) atoms. The lowest BCUT2D eigenvalue weighted by Gasteiger charge is -2.28. The van der Waals surface area contributed by atoms with Crippen molar-refractivity contribution in [3.8, 4) is 0 Å². The van der Waals surface area contributed by atoms with Crippen LogP contribution in [0.15, 0.2) is 16.6 Å². The van der Waals surface area contributed by atoms with Crippen LogP contribution in [0.4, 0.5) is 4.39 Å². The minimum atomic E-state index is -0.575. The number of fused-ring (bicyclic) bond motifs is 1. The Hall–Kier alpha value is -0.0600. The monoisotopic (exact) mass is 276 g/mol. The van der Waals surface area contributed by atoms with E-state index in [1.165, 1.54) is 6.07 Å². The van der Waals surface area contributed by atoms with Gasteiger partial charge in [0.15, 0.2) is 0 Å².